The molecule has 128 valence electrons. The molecule has 0 saturated heterocycles. The second-order valence-electron chi connectivity index (χ2n) is 5.99. The fraction of sp³-hybridized carbons (Fsp3) is 0.190. The summed E-state index contributed by atoms with van der Waals surface area (Å²) >= 11 is 0. The van der Waals surface area contributed by atoms with E-state index in [9.17, 15) is 14.7 Å². The molecule has 0 aliphatic heterocycles. The fourth-order valence-electron chi connectivity index (χ4n) is 2.89. The number of allylic oxidation sites excluding steroid dienone is 4. The van der Waals surface area contributed by atoms with E-state index in [0.717, 1.165) is 16.7 Å². The summed E-state index contributed by atoms with van der Waals surface area (Å²) in [6, 6.07) is 10.8. The number of hydrogen-bond acceptors (Lipinski definition) is 4. The summed E-state index contributed by atoms with van der Waals surface area (Å²) in [5, 5.41) is 9.76. The Hall–Kier alpha value is -3.01. The molecule has 0 bridgehead atoms. The van der Waals surface area contributed by atoms with Gasteiger partial charge in [-0.15, -0.1) is 0 Å². The first-order valence-corrected chi connectivity index (χ1v) is 8.30. The zero-order valence-corrected chi connectivity index (χ0v) is 13.8. The molecule has 0 amide bonds. The third kappa shape index (κ3) is 4.10. The van der Waals surface area contributed by atoms with Crippen LogP contribution < -0.4 is 0 Å². The Kier molecular flexibility index (Phi) is 5.19. The van der Waals surface area contributed by atoms with Crippen LogP contribution in [0, 0.1) is 0 Å². The van der Waals surface area contributed by atoms with Gasteiger partial charge >= 0.3 is 0 Å². The lowest BCUT2D eigenvalue weighted by Gasteiger charge is -2.12. The molecular formula is C21H21NO3. The van der Waals surface area contributed by atoms with E-state index in [1.807, 2.05) is 30.3 Å². The van der Waals surface area contributed by atoms with E-state index in [4.69, 9.17) is 0 Å². The minimum absolute atomic E-state index is 0. The zero-order chi connectivity index (χ0) is 17.6. The summed E-state index contributed by atoms with van der Waals surface area (Å²) in [6.45, 7) is 0. The number of pyridine rings is 1. The number of para-hydroxylation sites is 1. The van der Waals surface area contributed by atoms with Gasteiger partial charge in [-0.25, -0.2) is 0 Å². The molecule has 1 heterocycles. The van der Waals surface area contributed by atoms with Gasteiger partial charge in [-0.3, -0.25) is 14.6 Å². The molecule has 4 heteroatoms. The van der Waals surface area contributed by atoms with Crippen molar-refractivity contribution < 1.29 is 16.1 Å². The Morgan fingerprint density at radius 1 is 1.16 bits per heavy atom. The molecule has 0 spiro atoms. The summed E-state index contributed by atoms with van der Waals surface area (Å²) < 4.78 is 0. The first-order valence-electron chi connectivity index (χ1n) is 8.30. The average molecular weight is 335 g/mol. The van der Waals surface area contributed by atoms with Gasteiger partial charge in [0.15, 0.2) is 11.6 Å². The number of aromatic nitrogens is 1. The summed E-state index contributed by atoms with van der Waals surface area (Å²) in [5.74, 6) is -0.0312. The molecule has 1 aliphatic rings. The largest absolute Gasteiger partial charge is 0.508 e. The Morgan fingerprint density at radius 3 is 2.68 bits per heavy atom. The molecule has 0 atom stereocenters. The van der Waals surface area contributed by atoms with Crippen LogP contribution in [0.25, 0.3) is 5.57 Å². The standard InChI is InChI=1S/C21H19NO3.H2/c23-19-6-2-1-4-16(19)5-3-7-20(24)18-14-17(8-9-21(18)25)15-10-12-22-13-11-15;/h1-2,4,6,8,10-14,23H,3,5,7,9H2;1H. The Balaban J connectivity index is 0.00000243. The van der Waals surface area contributed by atoms with Crippen LogP contribution in [0.1, 0.15) is 31.8 Å². The molecule has 0 fully saturated rings. The van der Waals surface area contributed by atoms with E-state index < -0.39 is 0 Å². The van der Waals surface area contributed by atoms with Crippen molar-refractivity contribution in [2.45, 2.75) is 25.7 Å². The first-order chi connectivity index (χ1) is 12.1. The smallest absolute Gasteiger partial charge is 0.170 e. The van der Waals surface area contributed by atoms with E-state index in [1.54, 1.807) is 30.6 Å². The van der Waals surface area contributed by atoms with Crippen LogP contribution >= 0.6 is 0 Å². The SMILES string of the molecule is O=C1CC=C(c2ccncc2)C=C1C(=O)CCCc1ccccc1O.[HH]. The molecule has 25 heavy (non-hydrogen) atoms. The average Bonchev–Trinajstić information content (AvgIpc) is 2.64. The number of ketones is 2. The monoisotopic (exact) mass is 335 g/mol. The molecule has 4 nitrogen and oxygen atoms in total. The van der Waals surface area contributed by atoms with Crippen molar-refractivity contribution in [1.29, 1.82) is 0 Å². The highest BCUT2D eigenvalue weighted by molar-refractivity contribution is 6.23. The van der Waals surface area contributed by atoms with E-state index in [2.05, 4.69) is 4.98 Å². The minimum Gasteiger partial charge on any atom is -0.508 e. The van der Waals surface area contributed by atoms with Gasteiger partial charge in [-0.2, -0.15) is 0 Å². The third-order valence-corrected chi connectivity index (χ3v) is 4.26. The second kappa shape index (κ2) is 7.71. The molecule has 0 unspecified atom stereocenters. The number of aryl methyl sites for hydroxylation is 1. The fourth-order valence-corrected chi connectivity index (χ4v) is 2.89. The number of phenols is 1. The topological polar surface area (TPSA) is 67.3 Å². The van der Waals surface area contributed by atoms with Gasteiger partial charge < -0.3 is 5.11 Å². The predicted octanol–water partition coefficient (Wildman–Crippen LogP) is 3.91. The van der Waals surface area contributed by atoms with Crippen molar-refractivity contribution in [1.82, 2.24) is 4.98 Å². The van der Waals surface area contributed by atoms with Crippen LogP contribution in [0.5, 0.6) is 5.75 Å². The Morgan fingerprint density at radius 2 is 1.92 bits per heavy atom. The molecular weight excluding hydrogens is 314 g/mol. The highest BCUT2D eigenvalue weighted by Gasteiger charge is 2.21. The van der Waals surface area contributed by atoms with Crippen LogP contribution in [0.4, 0.5) is 0 Å². The van der Waals surface area contributed by atoms with Crippen LogP contribution in [0.15, 0.2) is 66.5 Å². The van der Waals surface area contributed by atoms with Gasteiger partial charge in [0.05, 0.1) is 5.57 Å². The van der Waals surface area contributed by atoms with Crippen molar-refractivity contribution in [3.63, 3.8) is 0 Å². The minimum atomic E-state index is -0.139. The Bertz CT molecular complexity index is 857. The van der Waals surface area contributed by atoms with E-state index in [1.165, 1.54) is 0 Å². The van der Waals surface area contributed by atoms with Gasteiger partial charge in [0.2, 0.25) is 0 Å². The Labute approximate surface area is 148 Å². The van der Waals surface area contributed by atoms with Gasteiger partial charge in [-0.05, 0) is 53.8 Å². The summed E-state index contributed by atoms with van der Waals surface area (Å²) in [4.78, 5) is 28.6. The maximum Gasteiger partial charge on any atom is 0.170 e. The van der Waals surface area contributed by atoms with E-state index in [0.29, 0.717) is 12.8 Å². The number of hydrogen-bond donors (Lipinski definition) is 1. The summed E-state index contributed by atoms with van der Waals surface area (Å²) in [6.07, 6.45) is 8.63. The molecule has 3 rings (SSSR count). The number of benzene rings is 1. The maximum absolute atomic E-state index is 12.5. The maximum atomic E-state index is 12.5. The lowest BCUT2D eigenvalue weighted by atomic mass is 9.90. The number of Topliss-reactive ketones (excluding diaryl/α,β-unsaturated/α-hetero) is 2. The van der Waals surface area contributed by atoms with Crippen molar-refractivity contribution in [2.75, 3.05) is 0 Å². The highest BCUT2D eigenvalue weighted by atomic mass is 16.3. The molecule has 1 aliphatic carbocycles. The van der Waals surface area contributed by atoms with Crippen molar-refractivity contribution in [3.8, 4) is 5.75 Å². The number of rotatable bonds is 6. The van der Waals surface area contributed by atoms with E-state index >= 15 is 0 Å². The predicted molar refractivity (Wildman–Crippen MR) is 98.1 cm³/mol. The lowest BCUT2D eigenvalue weighted by Crippen LogP contribution is -2.15. The summed E-state index contributed by atoms with van der Waals surface area (Å²) in [5.41, 5.74) is 2.91. The van der Waals surface area contributed by atoms with Gasteiger partial charge in [0.25, 0.3) is 0 Å². The molecule has 0 saturated carbocycles. The van der Waals surface area contributed by atoms with E-state index in [-0.39, 0.29) is 37.2 Å². The number of carbonyl (C=O) groups is 2. The van der Waals surface area contributed by atoms with Crippen LogP contribution in [-0.2, 0) is 16.0 Å². The normalized spacial score (nSPS) is 14.0. The first kappa shape index (κ1) is 16.8. The lowest BCUT2D eigenvalue weighted by molar-refractivity contribution is -0.121. The zero-order valence-electron chi connectivity index (χ0n) is 13.8. The van der Waals surface area contributed by atoms with Crippen molar-refractivity contribution in [2.24, 2.45) is 0 Å². The van der Waals surface area contributed by atoms with Crippen molar-refractivity contribution in [3.05, 3.63) is 77.6 Å². The highest BCUT2D eigenvalue weighted by Crippen LogP contribution is 2.25. The second-order valence-corrected chi connectivity index (χ2v) is 5.99. The molecule has 1 N–H and O–H groups in total. The number of nitrogens with zero attached hydrogens (tertiary/aromatic N) is 1. The quantitative estimate of drug-likeness (QED) is 0.813. The third-order valence-electron chi connectivity index (χ3n) is 4.26. The van der Waals surface area contributed by atoms with Gasteiger partial charge in [0, 0.05) is 26.7 Å². The molecule has 0 radical (unpaired) electrons. The van der Waals surface area contributed by atoms with Crippen LogP contribution in [0.3, 0.4) is 0 Å². The number of phenolic OH excluding ortho intramolecular Hbond substituents is 1. The van der Waals surface area contributed by atoms with Crippen molar-refractivity contribution >= 4 is 17.1 Å². The molecule has 1 aromatic carbocycles. The molecule has 1 aromatic heterocycles. The molecule has 2 aromatic rings. The van der Waals surface area contributed by atoms with Crippen LogP contribution in [0.2, 0.25) is 0 Å². The van der Waals surface area contributed by atoms with Gasteiger partial charge in [0.1, 0.15) is 5.75 Å². The number of carbonyl (C=O) groups excluding carboxylic acids is 2. The van der Waals surface area contributed by atoms with Crippen LogP contribution in [-0.4, -0.2) is 21.7 Å². The number of aromatic hydroxyl groups is 1. The summed E-state index contributed by atoms with van der Waals surface area (Å²) in [7, 11) is 0. The van der Waals surface area contributed by atoms with Gasteiger partial charge in [-0.1, -0.05) is 24.3 Å².